The van der Waals surface area contributed by atoms with E-state index in [1.54, 1.807) is 6.92 Å². The van der Waals surface area contributed by atoms with E-state index in [-0.39, 0.29) is 11.9 Å². The Labute approximate surface area is 112 Å². The summed E-state index contributed by atoms with van der Waals surface area (Å²) in [6.45, 7) is 1.78. The second-order valence-corrected chi connectivity index (χ2v) is 5.13. The van der Waals surface area contributed by atoms with Crippen LogP contribution in [-0.4, -0.2) is 28.0 Å². The van der Waals surface area contributed by atoms with Gasteiger partial charge in [0.15, 0.2) is 0 Å². The van der Waals surface area contributed by atoms with Gasteiger partial charge < -0.3 is 10.6 Å². The first kappa shape index (κ1) is 12.6. The molecule has 0 spiro atoms. The van der Waals surface area contributed by atoms with Gasteiger partial charge in [0.25, 0.3) is 0 Å². The van der Waals surface area contributed by atoms with Crippen LogP contribution in [0.1, 0.15) is 19.8 Å². The second-order valence-electron chi connectivity index (χ2n) is 3.98. The smallest absolute Gasteiger partial charge is 0.242 e. The van der Waals surface area contributed by atoms with Gasteiger partial charge in [-0.25, -0.2) is 9.97 Å². The number of nitrogens with one attached hydrogen (secondary N) is 2. The first-order valence-corrected chi connectivity index (χ1v) is 6.48. The number of hydrogen-bond donors (Lipinski definition) is 2. The number of nitrogens with zero attached hydrogens (tertiary/aromatic N) is 2. The SMILES string of the molecule is CC(Nc1ncnc(Cl)c1Br)C(=O)NC1CC1. The molecule has 0 aromatic carbocycles. The molecule has 0 aliphatic heterocycles. The van der Waals surface area contributed by atoms with Crippen LogP contribution in [-0.2, 0) is 4.79 Å². The van der Waals surface area contributed by atoms with Crippen LogP contribution >= 0.6 is 27.5 Å². The van der Waals surface area contributed by atoms with Gasteiger partial charge in [-0.2, -0.15) is 0 Å². The van der Waals surface area contributed by atoms with Gasteiger partial charge in [0.05, 0.1) is 4.47 Å². The maximum absolute atomic E-state index is 11.7. The Morgan fingerprint density at radius 3 is 2.94 bits per heavy atom. The first-order chi connectivity index (χ1) is 8.08. The number of halogens is 2. The van der Waals surface area contributed by atoms with Gasteiger partial charge in [-0.3, -0.25) is 4.79 Å². The van der Waals surface area contributed by atoms with E-state index in [4.69, 9.17) is 11.6 Å². The molecular weight excluding hydrogens is 307 g/mol. The van der Waals surface area contributed by atoms with Crippen molar-refractivity contribution < 1.29 is 4.79 Å². The molecule has 1 fully saturated rings. The zero-order valence-corrected chi connectivity index (χ0v) is 11.5. The summed E-state index contributed by atoms with van der Waals surface area (Å²) in [6.07, 6.45) is 3.49. The topological polar surface area (TPSA) is 66.9 Å². The molecule has 1 aliphatic carbocycles. The molecule has 0 bridgehead atoms. The highest BCUT2D eigenvalue weighted by Gasteiger charge is 2.26. The van der Waals surface area contributed by atoms with Crippen molar-refractivity contribution >= 4 is 39.3 Å². The van der Waals surface area contributed by atoms with Crippen molar-refractivity contribution in [3.05, 3.63) is 16.0 Å². The van der Waals surface area contributed by atoms with Crippen molar-refractivity contribution in [2.45, 2.75) is 31.8 Å². The summed E-state index contributed by atoms with van der Waals surface area (Å²) in [5, 5.41) is 6.22. The molecule has 1 amide bonds. The third-order valence-corrected chi connectivity index (χ3v) is 3.68. The van der Waals surface area contributed by atoms with Crippen molar-refractivity contribution in [2.75, 3.05) is 5.32 Å². The monoisotopic (exact) mass is 318 g/mol. The van der Waals surface area contributed by atoms with Crippen LogP contribution in [0.4, 0.5) is 5.82 Å². The van der Waals surface area contributed by atoms with Crippen LogP contribution in [0.3, 0.4) is 0 Å². The molecule has 1 aromatic heterocycles. The Bertz CT molecular complexity index is 438. The lowest BCUT2D eigenvalue weighted by Crippen LogP contribution is -2.38. The zero-order valence-electron chi connectivity index (χ0n) is 9.20. The summed E-state index contributed by atoms with van der Waals surface area (Å²) in [5.74, 6) is 0.484. The Balaban J connectivity index is 1.99. The van der Waals surface area contributed by atoms with E-state index in [2.05, 4.69) is 36.5 Å². The number of rotatable bonds is 4. The fourth-order valence-electron chi connectivity index (χ4n) is 1.27. The number of aromatic nitrogens is 2. The second kappa shape index (κ2) is 5.18. The summed E-state index contributed by atoms with van der Waals surface area (Å²) in [6, 6.07) is -0.0120. The van der Waals surface area contributed by atoms with Crippen LogP contribution in [0.5, 0.6) is 0 Å². The van der Waals surface area contributed by atoms with Crippen molar-refractivity contribution in [2.24, 2.45) is 0 Å². The van der Waals surface area contributed by atoms with Crippen molar-refractivity contribution in [1.82, 2.24) is 15.3 Å². The van der Waals surface area contributed by atoms with E-state index in [9.17, 15) is 4.79 Å². The van der Waals surface area contributed by atoms with Gasteiger partial charge >= 0.3 is 0 Å². The molecule has 1 heterocycles. The highest BCUT2D eigenvalue weighted by Crippen LogP contribution is 2.26. The number of carbonyl (C=O) groups excluding carboxylic acids is 1. The number of hydrogen-bond acceptors (Lipinski definition) is 4. The summed E-state index contributed by atoms with van der Waals surface area (Å²) >= 11 is 9.10. The predicted molar refractivity (Wildman–Crippen MR) is 69.0 cm³/mol. The standard InChI is InChI=1S/C10H12BrClN4O/c1-5(10(17)16-6-2-3-6)15-9-7(11)8(12)13-4-14-9/h4-6H,2-3H2,1H3,(H,16,17)(H,13,14,15). The van der Waals surface area contributed by atoms with Crippen LogP contribution in [0.25, 0.3) is 0 Å². The minimum absolute atomic E-state index is 0.0332. The minimum atomic E-state index is -0.363. The van der Waals surface area contributed by atoms with Crippen LogP contribution in [0, 0.1) is 0 Å². The molecule has 0 radical (unpaired) electrons. The van der Waals surface area contributed by atoms with Gasteiger partial charge in [0.1, 0.15) is 23.3 Å². The first-order valence-electron chi connectivity index (χ1n) is 5.31. The third kappa shape index (κ3) is 3.29. The lowest BCUT2D eigenvalue weighted by molar-refractivity contribution is -0.121. The normalized spacial score (nSPS) is 16.4. The van der Waals surface area contributed by atoms with Crippen LogP contribution < -0.4 is 10.6 Å². The average molecular weight is 320 g/mol. The Hall–Kier alpha value is -0.880. The van der Waals surface area contributed by atoms with Crippen molar-refractivity contribution in [3.8, 4) is 0 Å². The Morgan fingerprint density at radius 2 is 2.29 bits per heavy atom. The van der Waals surface area contributed by atoms with Crippen molar-refractivity contribution in [1.29, 1.82) is 0 Å². The molecule has 5 nitrogen and oxygen atoms in total. The predicted octanol–water partition coefficient (Wildman–Crippen LogP) is 1.97. The lowest BCUT2D eigenvalue weighted by Gasteiger charge is -2.15. The Morgan fingerprint density at radius 1 is 1.59 bits per heavy atom. The van der Waals surface area contributed by atoms with Crippen molar-refractivity contribution in [3.63, 3.8) is 0 Å². The van der Waals surface area contributed by atoms with E-state index >= 15 is 0 Å². The summed E-state index contributed by atoms with van der Waals surface area (Å²) in [4.78, 5) is 19.6. The maximum atomic E-state index is 11.7. The molecule has 0 saturated heterocycles. The van der Waals surface area contributed by atoms with Gasteiger partial charge in [-0.15, -0.1) is 0 Å². The average Bonchev–Trinajstić information content (AvgIpc) is 3.08. The molecule has 1 unspecified atom stereocenters. The number of carbonyl (C=O) groups is 1. The van der Waals surface area contributed by atoms with E-state index in [1.807, 2.05) is 0 Å². The van der Waals surface area contributed by atoms with Crippen LogP contribution in [0.15, 0.2) is 10.8 Å². The van der Waals surface area contributed by atoms with Gasteiger partial charge in [0.2, 0.25) is 5.91 Å². The number of amides is 1. The minimum Gasteiger partial charge on any atom is -0.358 e. The van der Waals surface area contributed by atoms with Gasteiger partial charge in [0, 0.05) is 6.04 Å². The molecular formula is C10H12BrClN4O. The summed E-state index contributed by atoms with van der Waals surface area (Å²) < 4.78 is 0.563. The molecule has 2 rings (SSSR count). The van der Waals surface area contributed by atoms with E-state index in [1.165, 1.54) is 6.33 Å². The maximum Gasteiger partial charge on any atom is 0.242 e. The largest absolute Gasteiger partial charge is 0.358 e. The molecule has 1 saturated carbocycles. The highest BCUT2D eigenvalue weighted by molar-refractivity contribution is 9.10. The van der Waals surface area contributed by atoms with E-state index in [0.29, 0.717) is 21.5 Å². The van der Waals surface area contributed by atoms with E-state index in [0.717, 1.165) is 12.8 Å². The summed E-state index contributed by atoms with van der Waals surface area (Å²) in [7, 11) is 0. The number of anilines is 1. The molecule has 2 N–H and O–H groups in total. The molecule has 92 valence electrons. The van der Waals surface area contributed by atoms with Crippen LogP contribution in [0.2, 0.25) is 5.15 Å². The third-order valence-electron chi connectivity index (χ3n) is 2.42. The van der Waals surface area contributed by atoms with E-state index < -0.39 is 0 Å². The molecule has 17 heavy (non-hydrogen) atoms. The molecule has 1 aromatic rings. The fourth-order valence-corrected chi connectivity index (χ4v) is 1.73. The zero-order chi connectivity index (χ0) is 12.4. The molecule has 1 atom stereocenters. The molecule has 7 heteroatoms. The van der Waals surface area contributed by atoms with Gasteiger partial charge in [-0.05, 0) is 35.7 Å². The highest BCUT2D eigenvalue weighted by atomic mass is 79.9. The fraction of sp³-hybridized carbons (Fsp3) is 0.500. The lowest BCUT2D eigenvalue weighted by atomic mass is 10.3. The summed E-state index contributed by atoms with van der Waals surface area (Å²) in [5.41, 5.74) is 0. The Kier molecular flexibility index (Phi) is 3.83. The van der Waals surface area contributed by atoms with Gasteiger partial charge in [-0.1, -0.05) is 11.6 Å². The quantitative estimate of drug-likeness (QED) is 0.833. The molecule has 1 aliphatic rings.